The van der Waals surface area contributed by atoms with E-state index < -0.39 is 0 Å². The summed E-state index contributed by atoms with van der Waals surface area (Å²) in [5, 5.41) is 3.12. The molecule has 1 aromatic rings. The molecule has 0 saturated heterocycles. The number of nitrogens with zero attached hydrogens (tertiary/aromatic N) is 1. The summed E-state index contributed by atoms with van der Waals surface area (Å²) >= 11 is 1.71. The van der Waals surface area contributed by atoms with E-state index in [2.05, 4.69) is 15.7 Å². The molecule has 0 bridgehead atoms. The number of rotatable bonds is 6. The standard InChI is InChI=1S/C12H20N4OS/c1-17-9-3-8-14-12(16-13)15-10-4-6-11(18-2)7-5-10/h4-7H,3,8-9,13H2,1-2H3,(H2,14,15,16). The largest absolute Gasteiger partial charge is 0.385 e. The van der Waals surface area contributed by atoms with Crippen LogP contribution in [-0.4, -0.2) is 32.5 Å². The fourth-order valence-corrected chi connectivity index (χ4v) is 1.74. The topological polar surface area (TPSA) is 71.7 Å². The van der Waals surface area contributed by atoms with Crippen molar-refractivity contribution < 1.29 is 4.74 Å². The Morgan fingerprint density at radius 2 is 2.11 bits per heavy atom. The van der Waals surface area contributed by atoms with Gasteiger partial charge in [0.05, 0.1) is 0 Å². The summed E-state index contributed by atoms with van der Waals surface area (Å²) < 4.78 is 4.96. The van der Waals surface area contributed by atoms with Gasteiger partial charge in [0, 0.05) is 30.8 Å². The van der Waals surface area contributed by atoms with Crippen LogP contribution in [0.5, 0.6) is 0 Å². The minimum atomic E-state index is 0.558. The highest BCUT2D eigenvalue weighted by molar-refractivity contribution is 7.98. The van der Waals surface area contributed by atoms with E-state index in [1.54, 1.807) is 18.9 Å². The highest BCUT2D eigenvalue weighted by Gasteiger charge is 1.98. The van der Waals surface area contributed by atoms with E-state index in [1.165, 1.54) is 4.90 Å². The van der Waals surface area contributed by atoms with Gasteiger partial charge in [0.2, 0.25) is 5.96 Å². The maximum absolute atomic E-state index is 5.41. The smallest absolute Gasteiger partial charge is 0.210 e. The number of hydrazine groups is 1. The fourth-order valence-electron chi connectivity index (χ4n) is 1.33. The lowest BCUT2D eigenvalue weighted by Gasteiger charge is -2.09. The molecule has 0 aliphatic rings. The molecule has 4 N–H and O–H groups in total. The van der Waals surface area contributed by atoms with Crippen LogP contribution in [-0.2, 0) is 4.74 Å². The second-order valence-electron chi connectivity index (χ2n) is 3.57. The fraction of sp³-hybridized carbons (Fsp3) is 0.417. The Bertz CT molecular complexity index is 367. The van der Waals surface area contributed by atoms with E-state index in [4.69, 9.17) is 10.6 Å². The first kappa shape index (κ1) is 14.8. The van der Waals surface area contributed by atoms with Crippen LogP contribution in [0.25, 0.3) is 0 Å². The zero-order valence-electron chi connectivity index (χ0n) is 10.8. The number of hydrogen-bond acceptors (Lipinski definition) is 4. The number of hydrogen-bond donors (Lipinski definition) is 3. The molecule has 0 fully saturated rings. The lowest BCUT2D eigenvalue weighted by molar-refractivity contribution is 0.197. The molecule has 0 spiro atoms. The summed E-state index contributed by atoms with van der Waals surface area (Å²) in [6, 6.07) is 8.08. The van der Waals surface area contributed by atoms with Gasteiger partial charge in [-0.05, 0) is 36.9 Å². The zero-order chi connectivity index (χ0) is 13.2. The maximum atomic E-state index is 5.41. The van der Waals surface area contributed by atoms with E-state index in [-0.39, 0.29) is 0 Å². The third-order valence-corrected chi connectivity index (χ3v) is 3.01. The van der Waals surface area contributed by atoms with Crippen molar-refractivity contribution in [2.24, 2.45) is 10.8 Å². The number of aliphatic imine (C=N–C) groups is 1. The van der Waals surface area contributed by atoms with E-state index in [1.807, 2.05) is 30.5 Å². The van der Waals surface area contributed by atoms with E-state index in [9.17, 15) is 0 Å². The molecule has 5 nitrogen and oxygen atoms in total. The zero-order valence-corrected chi connectivity index (χ0v) is 11.6. The number of nitrogens with two attached hydrogens (primary N) is 1. The molecule has 0 unspecified atom stereocenters. The molecular formula is C12H20N4OS. The number of ether oxygens (including phenoxy) is 1. The van der Waals surface area contributed by atoms with Gasteiger partial charge >= 0.3 is 0 Å². The van der Waals surface area contributed by atoms with Crippen LogP contribution in [0, 0.1) is 0 Å². The van der Waals surface area contributed by atoms with Gasteiger partial charge in [0.15, 0.2) is 0 Å². The molecule has 1 rings (SSSR count). The monoisotopic (exact) mass is 268 g/mol. The number of nitrogens with one attached hydrogen (secondary N) is 2. The quantitative estimate of drug-likeness (QED) is 0.183. The summed E-state index contributed by atoms with van der Waals surface area (Å²) in [4.78, 5) is 5.52. The summed E-state index contributed by atoms with van der Waals surface area (Å²) in [6.45, 7) is 1.37. The van der Waals surface area contributed by atoms with Crippen molar-refractivity contribution in [3.05, 3.63) is 24.3 Å². The third kappa shape index (κ3) is 5.39. The van der Waals surface area contributed by atoms with Crippen molar-refractivity contribution in [3.63, 3.8) is 0 Å². The number of anilines is 1. The molecule has 18 heavy (non-hydrogen) atoms. The maximum Gasteiger partial charge on any atom is 0.210 e. The van der Waals surface area contributed by atoms with Crippen LogP contribution in [0.4, 0.5) is 5.69 Å². The molecule has 0 heterocycles. The van der Waals surface area contributed by atoms with Crippen molar-refractivity contribution in [2.75, 3.05) is 31.8 Å². The lowest BCUT2D eigenvalue weighted by Crippen LogP contribution is -2.36. The van der Waals surface area contributed by atoms with E-state index >= 15 is 0 Å². The summed E-state index contributed by atoms with van der Waals surface area (Å²) in [7, 11) is 1.68. The Kier molecular flexibility index (Phi) is 7.24. The van der Waals surface area contributed by atoms with Gasteiger partial charge in [0.1, 0.15) is 0 Å². The SMILES string of the molecule is COCCCN=C(NN)Nc1ccc(SC)cc1. The highest BCUT2D eigenvalue weighted by atomic mass is 32.2. The Morgan fingerprint density at radius 3 is 2.67 bits per heavy atom. The van der Waals surface area contributed by atoms with Crippen molar-refractivity contribution in [3.8, 4) is 0 Å². The minimum absolute atomic E-state index is 0.558. The normalized spacial score (nSPS) is 11.4. The second-order valence-corrected chi connectivity index (χ2v) is 4.45. The highest BCUT2D eigenvalue weighted by Crippen LogP contribution is 2.17. The van der Waals surface area contributed by atoms with Crippen LogP contribution in [0.1, 0.15) is 6.42 Å². The van der Waals surface area contributed by atoms with Crippen LogP contribution in [0.2, 0.25) is 0 Å². The molecule has 0 saturated carbocycles. The van der Waals surface area contributed by atoms with E-state index in [0.717, 1.165) is 12.1 Å². The van der Waals surface area contributed by atoms with Crippen LogP contribution in [0.15, 0.2) is 34.2 Å². The van der Waals surface area contributed by atoms with Gasteiger partial charge in [-0.2, -0.15) is 0 Å². The van der Waals surface area contributed by atoms with Gasteiger partial charge in [-0.15, -0.1) is 11.8 Å². The Labute approximate surface area is 112 Å². The Hall–Kier alpha value is -1.24. The van der Waals surface area contributed by atoms with Crippen molar-refractivity contribution in [1.29, 1.82) is 0 Å². The van der Waals surface area contributed by atoms with Crippen molar-refractivity contribution >= 4 is 23.4 Å². The first-order valence-electron chi connectivity index (χ1n) is 5.71. The van der Waals surface area contributed by atoms with Gasteiger partial charge in [-0.1, -0.05) is 0 Å². The molecule has 100 valence electrons. The molecule has 0 aliphatic heterocycles. The molecule has 0 aliphatic carbocycles. The molecule has 0 atom stereocenters. The van der Waals surface area contributed by atoms with Crippen LogP contribution < -0.4 is 16.6 Å². The molecule has 0 amide bonds. The molecule has 6 heteroatoms. The van der Waals surface area contributed by atoms with Crippen molar-refractivity contribution in [2.45, 2.75) is 11.3 Å². The van der Waals surface area contributed by atoms with Gasteiger partial charge in [0.25, 0.3) is 0 Å². The molecule has 0 aromatic heterocycles. The third-order valence-electron chi connectivity index (χ3n) is 2.27. The first-order chi connectivity index (χ1) is 8.80. The summed E-state index contributed by atoms with van der Waals surface area (Å²) in [5.41, 5.74) is 3.50. The number of benzene rings is 1. The summed E-state index contributed by atoms with van der Waals surface area (Å²) in [5.74, 6) is 5.97. The number of methoxy groups -OCH3 is 1. The predicted molar refractivity (Wildman–Crippen MR) is 78.0 cm³/mol. The first-order valence-corrected chi connectivity index (χ1v) is 6.93. The van der Waals surface area contributed by atoms with Gasteiger partial charge in [-0.3, -0.25) is 10.4 Å². The average molecular weight is 268 g/mol. The Morgan fingerprint density at radius 1 is 1.39 bits per heavy atom. The number of guanidine groups is 1. The van der Waals surface area contributed by atoms with Crippen LogP contribution >= 0.6 is 11.8 Å². The van der Waals surface area contributed by atoms with E-state index in [0.29, 0.717) is 19.1 Å². The van der Waals surface area contributed by atoms with Gasteiger partial charge in [-0.25, -0.2) is 5.84 Å². The van der Waals surface area contributed by atoms with Crippen LogP contribution in [0.3, 0.4) is 0 Å². The molecule has 1 aromatic carbocycles. The lowest BCUT2D eigenvalue weighted by atomic mass is 10.3. The van der Waals surface area contributed by atoms with Crippen molar-refractivity contribution in [1.82, 2.24) is 5.43 Å². The number of thioether (sulfide) groups is 1. The molecular weight excluding hydrogens is 248 g/mol. The average Bonchev–Trinajstić information content (AvgIpc) is 2.43. The second kappa shape index (κ2) is 8.79. The Balaban J connectivity index is 2.50. The predicted octanol–water partition coefficient (Wildman–Crippen LogP) is 1.68. The minimum Gasteiger partial charge on any atom is -0.385 e. The summed E-state index contributed by atoms with van der Waals surface area (Å²) in [6.07, 6.45) is 2.92. The van der Waals surface area contributed by atoms with Gasteiger partial charge < -0.3 is 10.1 Å². The molecule has 0 radical (unpaired) electrons.